The Hall–Kier alpha value is -2.24. The van der Waals surface area contributed by atoms with Crippen LogP contribution in [0.15, 0.2) is 24.8 Å². The second-order valence-electron chi connectivity index (χ2n) is 5.44. The van der Waals surface area contributed by atoms with Crippen LogP contribution >= 0.6 is 0 Å². The molecule has 3 heterocycles. The first-order chi connectivity index (χ1) is 10.2. The van der Waals surface area contributed by atoms with Crippen molar-refractivity contribution >= 4 is 22.6 Å². The summed E-state index contributed by atoms with van der Waals surface area (Å²) in [4.78, 5) is 28.4. The molecule has 110 valence electrons. The van der Waals surface area contributed by atoms with Crippen molar-refractivity contribution in [1.29, 1.82) is 0 Å². The third kappa shape index (κ3) is 2.66. The van der Waals surface area contributed by atoms with Gasteiger partial charge in [-0.05, 0) is 18.9 Å². The first-order valence-electron chi connectivity index (χ1n) is 7.20. The molecule has 1 aliphatic rings. The van der Waals surface area contributed by atoms with Crippen LogP contribution in [0.1, 0.15) is 19.8 Å². The molecule has 0 unspecified atom stereocenters. The molecule has 6 nitrogen and oxygen atoms in total. The molecule has 0 bridgehead atoms. The molecule has 0 radical (unpaired) electrons. The molecular formula is C15H19N5O. The molecule has 2 aromatic heterocycles. The molecule has 6 heteroatoms. The Kier molecular flexibility index (Phi) is 3.68. The molecule has 0 atom stereocenters. The summed E-state index contributed by atoms with van der Waals surface area (Å²) in [6.45, 7) is 3.42. The van der Waals surface area contributed by atoms with Crippen molar-refractivity contribution in [3.63, 3.8) is 0 Å². The monoisotopic (exact) mass is 285 g/mol. The number of aromatic nitrogens is 3. The van der Waals surface area contributed by atoms with Gasteiger partial charge in [0.25, 0.3) is 0 Å². The summed E-state index contributed by atoms with van der Waals surface area (Å²) < 4.78 is 0. The molecule has 1 fully saturated rings. The van der Waals surface area contributed by atoms with E-state index in [1.54, 1.807) is 25.6 Å². The molecule has 1 aliphatic heterocycles. The standard InChI is InChI=1S/C15H19N5O/c1-11(21)19(2)12-4-7-20(8-5-12)15-13-3-6-16-9-14(13)17-10-18-15/h3,6,9-10,12H,4-5,7-8H2,1-2H3. The van der Waals surface area contributed by atoms with Gasteiger partial charge in [0, 0.05) is 44.7 Å². The van der Waals surface area contributed by atoms with E-state index in [1.165, 1.54) is 0 Å². The van der Waals surface area contributed by atoms with E-state index in [4.69, 9.17) is 0 Å². The van der Waals surface area contributed by atoms with Gasteiger partial charge >= 0.3 is 0 Å². The summed E-state index contributed by atoms with van der Waals surface area (Å²) in [5, 5.41) is 1.03. The van der Waals surface area contributed by atoms with Crippen LogP contribution in [0, 0.1) is 0 Å². The van der Waals surface area contributed by atoms with Gasteiger partial charge in [-0.25, -0.2) is 9.97 Å². The zero-order chi connectivity index (χ0) is 14.8. The van der Waals surface area contributed by atoms with Gasteiger partial charge < -0.3 is 9.80 Å². The predicted octanol–water partition coefficient (Wildman–Crippen LogP) is 1.47. The molecule has 0 aromatic carbocycles. The van der Waals surface area contributed by atoms with Crippen LogP contribution in [0.25, 0.3) is 10.9 Å². The number of rotatable bonds is 2. The Bertz CT molecular complexity index is 646. The fraction of sp³-hybridized carbons (Fsp3) is 0.467. The number of amides is 1. The summed E-state index contributed by atoms with van der Waals surface area (Å²) >= 11 is 0. The number of piperidine rings is 1. The average molecular weight is 285 g/mol. The van der Waals surface area contributed by atoms with Gasteiger partial charge in [0.2, 0.25) is 5.91 Å². The van der Waals surface area contributed by atoms with Gasteiger partial charge in [0.1, 0.15) is 12.1 Å². The smallest absolute Gasteiger partial charge is 0.219 e. The first-order valence-corrected chi connectivity index (χ1v) is 7.20. The fourth-order valence-electron chi connectivity index (χ4n) is 2.87. The van der Waals surface area contributed by atoms with E-state index in [0.717, 1.165) is 42.7 Å². The number of hydrogen-bond donors (Lipinski definition) is 0. The number of nitrogens with zero attached hydrogens (tertiary/aromatic N) is 5. The van der Waals surface area contributed by atoms with Crippen molar-refractivity contribution in [2.75, 3.05) is 25.0 Å². The maximum Gasteiger partial charge on any atom is 0.219 e. The zero-order valence-corrected chi connectivity index (χ0v) is 12.4. The molecule has 3 rings (SSSR count). The minimum atomic E-state index is 0.131. The third-order valence-corrected chi connectivity index (χ3v) is 4.23. The van der Waals surface area contributed by atoms with Crippen molar-refractivity contribution in [3.05, 3.63) is 24.8 Å². The van der Waals surface area contributed by atoms with Crippen molar-refractivity contribution in [2.45, 2.75) is 25.8 Å². The quantitative estimate of drug-likeness (QED) is 0.836. The number of pyridine rings is 1. The van der Waals surface area contributed by atoms with Crippen LogP contribution in [0.2, 0.25) is 0 Å². The van der Waals surface area contributed by atoms with Gasteiger partial charge in [-0.2, -0.15) is 0 Å². The molecule has 1 saturated heterocycles. The van der Waals surface area contributed by atoms with E-state index in [0.29, 0.717) is 6.04 Å². The highest BCUT2D eigenvalue weighted by Crippen LogP contribution is 2.26. The Morgan fingerprint density at radius 2 is 2.10 bits per heavy atom. The summed E-state index contributed by atoms with van der Waals surface area (Å²) in [5.41, 5.74) is 0.866. The summed E-state index contributed by atoms with van der Waals surface area (Å²) in [6, 6.07) is 2.28. The fourth-order valence-corrected chi connectivity index (χ4v) is 2.87. The second kappa shape index (κ2) is 5.63. The van der Waals surface area contributed by atoms with E-state index in [2.05, 4.69) is 19.9 Å². The second-order valence-corrected chi connectivity index (χ2v) is 5.44. The van der Waals surface area contributed by atoms with Crippen LogP contribution in [0.4, 0.5) is 5.82 Å². The summed E-state index contributed by atoms with van der Waals surface area (Å²) in [5.74, 6) is 1.10. The Morgan fingerprint density at radius 1 is 1.33 bits per heavy atom. The molecule has 21 heavy (non-hydrogen) atoms. The van der Waals surface area contributed by atoms with Crippen LogP contribution in [-0.2, 0) is 4.79 Å². The molecule has 2 aromatic rings. The third-order valence-electron chi connectivity index (χ3n) is 4.23. The number of anilines is 1. The highest BCUT2D eigenvalue weighted by molar-refractivity contribution is 5.88. The molecule has 1 amide bonds. The van der Waals surface area contributed by atoms with Gasteiger partial charge in [-0.1, -0.05) is 0 Å². The van der Waals surface area contributed by atoms with Crippen molar-refractivity contribution in [1.82, 2.24) is 19.9 Å². The van der Waals surface area contributed by atoms with Gasteiger partial charge in [0.05, 0.1) is 11.7 Å². The number of carbonyl (C=O) groups is 1. The van der Waals surface area contributed by atoms with Crippen molar-refractivity contribution < 1.29 is 4.79 Å². The number of fused-ring (bicyclic) bond motifs is 1. The lowest BCUT2D eigenvalue weighted by molar-refractivity contribution is -0.129. The summed E-state index contributed by atoms with van der Waals surface area (Å²) in [7, 11) is 1.88. The number of hydrogen-bond acceptors (Lipinski definition) is 5. The van der Waals surface area contributed by atoms with Crippen LogP contribution in [0.5, 0.6) is 0 Å². The molecule has 0 saturated carbocycles. The molecule has 0 spiro atoms. The van der Waals surface area contributed by atoms with Crippen LogP contribution in [-0.4, -0.2) is 51.9 Å². The Balaban J connectivity index is 1.79. The number of carbonyl (C=O) groups excluding carboxylic acids is 1. The van der Waals surface area contributed by atoms with Crippen LogP contribution < -0.4 is 4.90 Å². The maximum atomic E-state index is 11.5. The molecule has 0 N–H and O–H groups in total. The lowest BCUT2D eigenvalue weighted by Crippen LogP contribution is -2.45. The van der Waals surface area contributed by atoms with Crippen LogP contribution in [0.3, 0.4) is 0 Å². The van der Waals surface area contributed by atoms with E-state index in [-0.39, 0.29) is 5.91 Å². The first kappa shape index (κ1) is 13.7. The molecular weight excluding hydrogens is 266 g/mol. The minimum Gasteiger partial charge on any atom is -0.356 e. The van der Waals surface area contributed by atoms with Gasteiger partial charge in [0.15, 0.2) is 0 Å². The topological polar surface area (TPSA) is 62.2 Å². The normalized spacial score (nSPS) is 16.2. The highest BCUT2D eigenvalue weighted by atomic mass is 16.2. The highest BCUT2D eigenvalue weighted by Gasteiger charge is 2.25. The van der Waals surface area contributed by atoms with Crippen molar-refractivity contribution in [3.8, 4) is 0 Å². The SMILES string of the molecule is CC(=O)N(C)C1CCN(c2ncnc3cnccc23)CC1. The maximum absolute atomic E-state index is 11.5. The van der Waals surface area contributed by atoms with Gasteiger partial charge in [-0.3, -0.25) is 9.78 Å². The molecule has 0 aliphatic carbocycles. The van der Waals surface area contributed by atoms with Gasteiger partial charge in [-0.15, -0.1) is 0 Å². The minimum absolute atomic E-state index is 0.131. The average Bonchev–Trinajstić information content (AvgIpc) is 2.53. The Morgan fingerprint density at radius 3 is 2.81 bits per heavy atom. The lowest BCUT2D eigenvalue weighted by atomic mass is 10.0. The van der Waals surface area contributed by atoms with Crippen molar-refractivity contribution in [2.24, 2.45) is 0 Å². The van der Waals surface area contributed by atoms with E-state index in [9.17, 15) is 4.79 Å². The largest absolute Gasteiger partial charge is 0.356 e. The summed E-state index contributed by atoms with van der Waals surface area (Å²) in [6.07, 6.45) is 7.05. The Labute approximate surface area is 123 Å². The predicted molar refractivity (Wildman–Crippen MR) is 81.0 cm³/mol. The zero-order valence-electron chi connectivity index (χ0n) is 12.4. The van der Waals surface area contributed by atoms with E-state index in [1.807, 2.05) is 18.0 Å². The van der Waals surface area contributed by atoms with E-state index < -0.39 is 0 Å². The lowest BCUT2D eigenvalue weighted by Gasteiger charge is -2.37. The van der Waals surface area contributed by atoms with E-state index >= 15 is 0 Å².